The van der Waals surface area contributed by atoms with E-state index < -0.39 is 22.1 Å². The monoisotopic (exact) mass is 448 g/mol. The molecule has 4 rings (SSSR count). The molecule has 0 radical (unpaired) electrons. The highest BCUT2D eigenvalue weighted by Crippen LogP contribution is 2.45. The van der Waals surface area contributed by atoms with E-state index in [9.17, 15) is 17.6 Å². The number of carboxylic acid groups (broad SMARTS) is 1. The average molecular weight is 449 g/mol. The van der Waals surface area contributed by atoms with Crippen LogP contribution in [0.4, 0.5) is 26.2 Å². The number of anilines is 3. The zero-order valence-corrected chi connectivity index (χ0v) is 17.8. The van der Waals surface area contributed by atoms with E-state index >= 15 is 0 Å². The minimum absolute atomic E-state index is 0.00505. The molecule has 2 aliphatic heterocycles. The first kappa shape index (κ1) is 21.4. The number of piperidine rings is 1. The SMILES string of the molecule is O=C(O)NC1CCN(CCCN2c3ccccc3N(c3ccccc3F)S2(=O)=O)CC1. The molecule has 0 spiro atoms. The van der Waals surface area contributed by atoms with Crippen LogP contribution in [0, 0.1) is 5.82 Å². The van der Waals surface area contributed by atoms with Gasteiger partial charge < -0.3 is 15.3 Å². The lowest BCUT2D eigenvalue weighted by Gasteiger charge is -2.32. The number of hydrogen-bond donors (Lipinski definition) is 2. The van der Waals surface area contributed by atoms with Gasteiger partial charge in [0.2, 0.25) is 0 Å². The van der Waals surface area contributed by atoms with Crippen molar-refractivity contribution in [2.75, 3.05) is 34.8 Å². The Kier molecular flexibility index (Phi) is 6.01. The van der Waals surface area contributed by atoms with E-state index in [1.807, 2.05) is 0 Å². The first-order valence-corrected chi connectivity index (χ1v) is 11.7. The Hall–Kier alpha value is -2.85. The van der Waals surface area contributed by atoms with Crippen molar-refractivity contribution in [2.45, 2.75) is 25.3 Å². The number of carbonyl (C=O) groups is 1. The van der Waals surface area contributed by atoms with Gasteiger partial charge in [0.05, 0.1) is 17.1 Å². The maximum absolute atomic E-state index is 14.4. The van der Waals surface area contributed by atoms with Crippen LogP contribution in [0.3, 0.4) is 0 Å². The fraction of sp³-hybridized carbons (Fsp3) is 0.381. The topological polar surface area (TPSA) is 93.2 Å². The Morgan fingerprint density at radius 3 is 2.26 bits per heavy atom. The summed E-state index contributed by atoms with van der Waals surface area (Å²) in [4.78, 5) is 13.0. The molecule has 31 heavy (non-hydrogen) atoms. The Balaban J connectivity index is 1.45. The van der Waals surface area contributed by atoms with Crippen LogP contribution in [0.25, 0.3) is 0 Å². The quantitative estimate of drug-likeness (QED) is 0.708. The molecule has 0 atom stereocenters. The molecule has 2 aliphatic rings. The number of nitrogens with zero attached hydrogens (tertiary/aromatic N) is 3. The van der Waals surface area contributed by atoms with Crippen LogP contribution in [0.15, 0.2) is 48.5 Å². The average Bonchev–Trinajstić information content (AvgIpc) is 2.96. The summed E-state index contributed by atoms with van der Waals surface area (Å²) < 4.78 is 43.5. The molecule has 0 unspecified atom stereocenters. The molecule has 2 heterocycles. The van der Waals surface area contributed by atoms with Gasteiger partial charge in [-0.15, -0.1) is 0 Å². The summed E-state index contributed by atoms with van der Waals surface area (Å²) >= 11 is 0. The van der Waals surface area contributed by atoms with Crippen molar-refractivity contribution in [3.63, 3.8) is 0 Å². The molecule has 0 aliphatic carbocycles. The van der Waals surface area contributed by atoms with Gasteiger partial charge in [0.25, 0.3) is 0 Å². The highest BCUT2D eigenvalue weighted by atomic mass is 32.2. The van der Waals surface area contributed by atoms with Crippen LogP contribution < -0.4 is 13.9 Å². The zero-order chi connectivity index (χ0) is 22.0. The van der Waals surface area contributed by atoms with Gasteiger partial charge in [0.15, 0.2) is 0 Å². The number of para-hydroxylation sites is 3. The van der Waals surface area contributed by atoms with Crippen molar-refractivity contribution in [2.24, 2.45) is 0 Å². The lowest BCUT2D eigenvalue weighted by atomic mass is 10.1. The number of halogens is 1. The van der Waals surface area contributed by atoms with E-state index in [2.05, 4.69) is 10.2 Å². The molecule has 166 valence electrons. The molecule has 1 saturated heterocycles. The molecular formula is C21H25FN4O4S. The summed E-state index contributed by atoms with van der Waals surface area (Å²) in [7, 11) is -3.95. The van der Waals surface area contributed by atoms with Crippen molar-refractivity contribution < 1.29 is 22.7 Å². The summed E-state index contributed by atoms with van der Waals surface area (Å²) in [5.74, 6) is -0.597. The Morgan fingerprint density at radius 2 is 1.61 bits per heavy atom. The molecule has 1 amide bonds. The molecule has 2 aromatic rings. The third-order valence-corrected chi connectivity index (χ3v) is 7.49. The number of amides is 1. The summed E-state index contributed by atoms with van der Waals surface area (Å²) in [6.07, 6.45) is 1.07. The lowest BCUT2D eigenvalue weighted by Crippen LogP contribution is -2.45. The second-order valence-electron chi connectivity index (χ2n) is 7.70. The van der Waals surface area contributed by atoms with Crippen LogP contribution in [0.2, 0.25) is 0 Å². The van der Waals surface area contributed by atoms with Crippen LogP contribution >= 0.6 is 0 Å². The maximum Gasteiger partial charge on any atom is 0.404 e. The minimum atomic E-state index is -3.95. The third kappa shape index (κ3) is 4.31. The second kappa shape index (κ2) is 8.72. The van der Waals surface area contributed by atoms with Crippen LogP contribution in [-0.4, -0.2) is 56.7 Å². The predicted octanol–water partition coefficient (Wildman–Crippen LogP) is 3.15. The lowest BCUT2D eigenvalue weighted by molar-refractivity contribution is 0.168. The van der Waals surface area contributed by atoms with Crippen molar-refractivity contribution in [3.8, 4) is 0 Å². The van der Waals surface area contributed by atoms with Crippen molar-refractivity contribution in [3.05, 3.63) is 54.3 Å². The zero-order valence-electron chi connectivity index (χ0n) is 16.9. The van der Waals surface area contributed by atoms with Gasteiger partial charge in [-0.3, -0.25) is 4.31 Å². The standard InChI is InChI=1S/C21H25FN4O4S/c22-17-6-1-2-7-18(17)26-20-9-4-3-8-19(20)25(31(26,29)30)13-5-12-24-14-10-16(11-15-24)23-21(27)28/h1-4,6-9,16,23H,5,10-15H2,(H,27,28). The van der Waals surface area contributed by atoms with E-state index in [-0.39, 0.29) is 18.3 Å². The Bertz CT molecular complexity index is 1060. The molecule has 2 aromatic carbocycles. The number of likely N-dealkylation sites (tertiary alicyclic amines) is 1. The Morgan fingerprint density at radius 1 is 1.00 bits per heavy atom. The van der Waals surface area contributed by atoms with E-state index in [0.29, 0.717) is 24.3 Å². The third-order valence-electron chi connectivity index (χ3n) is 5.70. The van der Waals surface area contributed by atoms with Gasteiger partial charge in [-0.25, -0.2) is 13.5 Å². The maximum atomic E-state index is 14.4. The number of fused-ring (bicyclic) bond motifs is 1. The number of benzene rings is 2. The molecule has 0 saturated carbocycles. The van der Waals surface area contributed by atoms with Gasteiger partial charge in [0.1, 0.15) is 5.82 Å². The normalized spacial score (nSPS) is 18.7. The molecule has 0 aromatic heterocycles. The molecular weight excluding hydrogens is 423 g/mol. The fourth-order valence-corrected chi connectivity index (χ4v) is 5.97. The van der Waals surface area contributed by atoms with E-state index in [1.165, 1.54) is 22.5 Å². The van der Waals surface area contributed by atoms with E-state index in [1.54, 1.807) is 30.3 Å². The number of nitrogens with one attached hydrogen (secondary N) is 1. The molecule has 2 N–H and O–H groups in total. The number of rotatable bonds is 6. The second-order valence-corrected chi connectivity index (χ2v) is 9.40. The van der Waals surface area contributed by atoms with Crippen molar-refractivity contribution in [1.82, 2.24) is 10.2 Å². The van der Waals surface area contributed by atoms with E-state index in [0.717, 1.165) is 30.2 Å². The summed E-state index contributed by atoms with van der Waals surface area (Å²) in [5, 5.41) is 11.3. The van der Waals surface area contributed by atoms with Gasteiger partial charge in [-0.05, 0) is 50.1 Å². The van der Waals surface area contributed by atoms with Crippen LogP contribution in [0.5, 0.6) is 0 Å². The highest BCUT2D eigenvalue weighted by Gasteiger charge is 2.41. The Labute approximate surface area is 181 Å². The van der Waals surface area contributed by atoms with Crippen molar-refractivity contribution >= 4 is 33.4 Å². The summed E-state index contributed by atoms with van der Waals surface area (Å²) in [6, 6.07) is 12.7. The van der Waals surface area contributed by atoms with Crippen LogP contribution in [-0.2, 0) is 10.2 Å². The first-order chi connectivity index (χ1) is 14.9. The largest absolute Gasteiger partial charge is 0.465 e. The fourth-order valence-electron chi connectivity index (χ4n) is 4.21. The van der Waals surface area contributed by atoms with Crippen molar-refractivity contribution in [1.29, 1.82) is 0 Å². The van der Waals surface area contributed by atoms with Gasteiger partial charge in [0, 0.05) is 25.7 Å². The smallest absolute Gasteiger partial charge is 0.404 e. The minimum Gasteiger partial charge on any atom is -0.465 e. The number of hydrogen-bond acceptors (Lipinski definition) is 4. The summed E-state index contributed by atoms with van der Waals surface area (Å²) in [6.45, 7) is 2.50. The molecule has 8 nitrogen and oxygen atoms in total. The summed E-state index contributed by atoms with van der Waals surface area (Å²) in [5.41, 5.74) is 0.980. The van der Waals surface area contributed by atoms with E-state index in [4.69, 9.17) is 5.11 Å². The van der Waals surface area contributed by atoms with Gasteiger partial charge in [-0.1, -0.05) is 24.3 Å². The highest BCUT2D eigenvalue weighted by molar-refractivity contribution is 7.95. The van der Waals surface area contributed by atoms with Gasteiger partial charge >= 0.3 is 16.3 Å². The predicted molar refractivity (Wildman–Crippen MR) is 116 cm³/mol. The molecule has 10 heteroatoms. The van der Waals surface area contributed by atoms with Gasteiger partial charge in [-0.2, -0.15) is 8.42 Å². The first-order valence-electron chi connectivity index (χ1n) is 10.3. The molecule has 0 bridgehead atoms. The molecule has 1 fully saturated rings. The van der Waals surface area contributed by atoms with Crippen LogP contribution in [0.1, 0.15) is 19.3 Å².